The van der Waals surface area contributed by atoms with Crippen LogP contribution in [0.15, 0.2) is 73.1 Å². The van der Waals surface area contributed by atoms with Gasteiger partial charge in [0.1, 0.15) is 0 Å². The molecule has 0 atom stereocenters. The van der Waals surface area contributed by atoms with Crippen molar-refractivity contribution in [2.45, 2.75) is 5.82 Å². The topological polar surface area (TPSA) is 17.8 Å². The first-order valence-electron chi connectivity index (χ1n) is 6.90. The van der Waals surface area contributed by atoms with Crippen LogP contribution in [-0.4, -0.2) is 16.8 Å². The van der Waals surface area contributed by atoms with Gasteiger partial charge in [-0.05, 0) is 16.9 Å². The first-order valence-corrected chi connectivity index (χ1v) is 6.90. The van der Waals surface area contributed by atoms with Crippen molar-refractivity contribution in [2.75, 3.05) is 0 Å². The van der Waals surface area contributed by atoms with E-state index in [0.29, 0.717) is 5.82 Å². The van der Waals surface area contributed by atoms with Crippen LogP contribution in [0.25, 0.3) is 0 Å². The van der Waals surface area contributed by atoms with Crippen molar-refractivity contribution in [1.82, 2.24) is 9.55 Å². The molecule has 2 nitrogen and oxygen atoms in total. The van der Waals surface area contributed by atoms with Crippen molar-refractivity contribution in [3.63, 3.8) is 0 Å². The quantitative estimate of drug-likeness (QED) is 0.658. The lowest BCUT2D eigenvalue weighted by Crippen LogP contribution is -2.30. The molecule has 0 aliphatic carbocycles. The van der Waals surface area contributed by atoms with E-state index in [1.54, 1.807) is 0 Å². The van der Waals surface area contributed by atoms with Gasteiger partial charge in [0.25, 0.3) is 0 Å². The number of hydrogen-bond donors (Lipinski definition) is 0. The average Bonchev–Trinajstić information content (AvgIpc) is 2.92. The number of nitrogens with zero attached hydrogens (tertiary/aromatic N) is 2. The van der Waals surface area contributed by atoms with Gasteiger partial charge in [-0.25, -0.2) is 0 Å². The van der Waals surface area contributed by atoms with Crippen LogP contribution in [-0.2, 0) is 7.05 Å². The third-order valence-electron chi connectivity index (χ3n) is 3.71. The van der Waals surface area contributed by atoms with Crippen LogP contribution in [0.5, 0.6) is 0 Å². The van der Waals surface area contributed by atoms with Gasteiger partial charge in [0.2, 0.25) is 7.28 Å². The highest BCUT2D eigenvalue weighted by Crippen LogP contribution is 2.22. The van der Waals surface area contributed by atoms with Crippen molar-refractivity contribution in [3.8, 4) is 0 Å². The summed E-state index contributed by atoms with van der Waals surface area (Å²) < 4.78 is 2.10. The Kier molecular flexibility index (Phi) is 3.68. The molecular weight excluding hydrogens is 243 g/mol. The smallest absolute Gasteiger partial charge is 0.217 e. The third kappa shape index (κ3) is 2.67. The van der Waals surface area contributed by atoms with E-state index in [9.17, 15) is 0 Å². The van der Waals surface area contributed by atoms with E-state index in [-0.39, 0.29) is 0 Å². The molecule has 0 unspecified atom stereocenters. The van der Waals surface area contributed by atoms with Crippen LogP contribution in [0.4, 0.5) is 0 Å². The summed E-state index contributed by atoms with van der Waals surface area (Å²) in [5, 5.41) is 0. The molecule has 0 spiro atoms. The minimum Gasteiger partial charge on any atom is -0.346 e. The van der Waals surface area contributed by atoms with Gasteiger partial charge in [0.15, 0.2) is 0 Å². The minimum absolute atomic E-state index is 0.346. The Morgan fingerprint density at radius 3 is 1.90 bits per heavy atom. The second-order valence-corrected chi connectivity index (χ2v) is 5.03. The van der Waals surface area contributed by atoms with Crippen LogP contribution >= 0.6 is 0 Å². The maximum atomic E-state index is 4.47. The van der Waals surface area contributed by atoms with Gasteiger partial charge in [-0.3, -0.25) is 4.98 Å². The zero-order chi connectivity index (χ0) is 13.8. The molecule has 20 heavy (non-hydrogen) atoms. The Morgan fingerprint density at radius 2 is 1.45 bits per heavy atom. The Morgan fingerprint density at radius 1 is 0.900 bits per heavy atom. The van der Waals surface area contributed by atoms with Crippen LogP contribution in [0.1, 0.15) is 16.9 Å². The van der Waals surface area contributed by atoms with E-state index in [1.807, 2.05) is 12.4 Å². The highest BCUT2D eigenvalue weighted by Gasteiger charge is 2.18. The first-order chi connectivity index (χ1) is 9.84. The highest BCUT2D eigenvalue weighted by molar-refractivity contribution is 6.54. The Bertz CT molecular complexity index is 622. The van der Waals surface area contributed by atoms with E-state index in [4.69, 9.17) is 0 Å². The maximum absolute atomic E-state index is 4.47. The number of imidazole rings is 1. The van der Waals surface area contributed by atoms with Gasteiger partial charge >= 0.3 is 0 Å². The van der Waals surface area contributed by atoms with Crippen molar-refractivity contribution in [3.05, 3.63) is 84.2 Å². The monoisotopic (exact) mass is 260 g/mol. The molecule has 1 heterocycles. The molecule has 0 saturated heterocycles. The molecule has 98 valence electrons. The predicted octanol–water partition coefficient (Wildman–Crippen LogP) is 2.27. The second kappa shape index (κ2) is 5.78. The molecule has 2 aromatic carbocycles. The molecular formula is C17H17BN2. The van der Waals surface area contributed by atoms with Crippen molar-refractivity contribution in [1.29, 1.82) is 0 Å². The average molecular weight is 260 g/mol. The zero-order valence-electron chi connectivity index (χ0n) is 11.6. The second-order valence-electron chi connectivity index (χ2n) is 5.03. The Hall–Kier alpha value is -2.29. The number of aryl methyl sites for hydroxylation is 1. The molecule has 0 aliphatic rings. The van der Waals surface area contributed by atoms with Crippen LogP contribution < -0.4 is 5.72 Å². The molecule has 1 aromatic heterocycles. The van der Waals surface area contributed by atoms with Crippen LogP contribution in [0.2, 0.25) is 0 Å². The summed E-state index contributed by atoms with van der Waals surface area (Å²) in [6, 6.07) is 21.3. The molecule has 0 radical (unpaired) electrons. The SMILES string of the molecule is Cn1ccnc1BC(c1ccccc1)c1ccccc1. The maximum Gasteiger partial charge on any atom is 0.217 e. The molecule has 3 heteroatoms. The largest absolute Gasteiger partial charge is 0.346 e. The van der Waals surface area contributed by atoms with Gasteiger partial charge in [-0.2, -0.15) is 0 Å². The molecule has 0 saturated carbocycles. The van der Waals surface area contributed by atoms with Gasteiger partial charge < -0.3 is 4.57 Å². The van der Waals surface area contributed by atoms with Crippen molar-refractivity contribution >= 4 is 13.0 Å². The molecule has 0 amide bonds. The van der Waals surface area contributed by atoms with E-state index < -0.39 is 0 Å². The number of benzene rings is 2. The van der Waals surface area contributed by atoms with Gasteiger partial charge in [-0.15, -0.1) is 0 Å². The number of hydrogen-bond acceptors (Lipinski definition) is 1. The van der Waals surface area contributed by atoms with Gasteiger partial charge in [-0.1, -0.05) is 60.7 Å². The summed E-state index contributed by atoms with van der Waals surface area (Å²) in [6.45, 7) is 0. The lowest BCUT2D eigenvalue weighted by atomic mass is 9.58. The fraction of sp³-hybridized carbons (Fsp3) is 0.118. The molecule has 0 aliphatic heterocycles. The summed E-state index contributed by atoms with van der Waals surface area (Å²) in [4.78, 5) is 4.47. The Balaban J connectivity index is 1.98. The third-order valence-corrected chi connectivity index (χ3v) is 3.71. The highest BCUT2D eigenvalue weighted by atomic mass is 15.0. The van der Waals surface area contributed by atoms with E-state index >= 15 is 0 Å². The predicted molar refractivity (Wildman–Crippen MR) is 84.7 cm³/mol. The van der Waals surface area contributed by atoms with E-state index in [0.717, 1.165) is 13.0 Å². The first kappa shape index (κ1) is 12.7. The van der Waals surface area contributed by atoms with Crippen LogP contribution in [0.3, 0.4) is 0 Å². The molecule has 0 N–H and O–H groups in total. The molecule has 0 bridgehead atoms. The summed E-state index contributed by atoms with van der Waals surface area (Å²) in [5.74, 6) is 0.346. The number of aromatic nitrogens is 2. The molecule has 0 fully saturated rings. The number of rotatable bonds is 4. The standard InChI is InChI=1S/C17H17BN2/c1-20-13-12-19-17(20)18-16(14-8-4-2-5-9-14)15-10-6-3-7-11-15/h2-13,16,18H,1H3. The van der Waals surface area contributed by atoms with Gasteiger partial charge in [0.05, 0.1) is 5.72 Å². The molecule has 3 rings (SSSR count). The van der Waals surface area contributed by atoms with Crippen molar-refractivity contribution < 1.29 is 0 Å². The van der Waals surface area contributed by atoms with Gasteiger partial charge in [0, 0.05) is 19.4 Å². The lowest BCUT2D eigenvalue weighted by molar-refractivity contribution is 0.944. The fourth-order valence-electron chi connectivity index (χ4n) is 2.57. The van der Waals surface area contributed by atoms with E-state index in [2.05, 4.69) is 77.3 Å². The minimum atomic E-state index is 0.346. The van der Waals surface area contributed by atoms with Crippen molar-refractivity contribution in [2.24, 2.45) is 7.05 Å². The zero-order valence-corrected chi connectivity index (χ0v) is 11.6. The summed E-state index contributed by atoms with van der Waals surface area (Å²) >= 11 is 0. The summed E-state index contributed by atoms with van der Waals surface area (Å²) in [6.07, 6.45) is 3.87. The van der Waals surface area contributed by atoms with Crippen LogP contribution in [0, 0.1) is 0 Å². The Labute approximate surface area is 120 Å². The van der Waals surface area contributed by atoms with E-state index in [1.165, 1.54) is 11.1 Å². The summed E-state index contributed by atoms with van der Waals surface area (Å²) in [7, 11) is 2.97. The molecule has 3 aromatic rings. The normalized spacial score (nSPS) is 10.7. The lowest BCUT2D eigenvalue weighted by Gasteiger charge is -2.16. The summed E-state index contributed by atoms with van der Waals surface area (Å²) in [5.41, 5.74) is 3.78. The fourth-order valence-corrected chi connectivity index (χ4v) is 2.57.